The van der Waals surface area contributed by atoms with Gasteiger partial charge in [0, 0.05) is 12.5 Å². The van der Waals surface area contributed by atoms with Crippen LogP contribution in [0.4, 0.5) is 0 Å². The van der Waals surface area contributed by atoms with Crippen LogP contribution in [0, 0.1) is 0 Å². The lowest BCUT2D eigenvalue weighted by molar-refractivity contribution is -0.00252. The van der Waals surface area contributed by atoms with Crippen molar-refractivity contribution in [3.05, 3.63) is 35.4 Å². The smallest absolute Gasteiger partial charge is 0.231 e. The summed E-state index contributed by atoms with van der Waals surface area (Å²) in [4.78, 5) is 13.3. The molecule has 148 valence electrons. The average Bonchev–Trinajstić information content (AvgIpc) is 3.17. The van der Waals surface area contributed by atoms with Gasteiger partial charge in [0.2, 0.25) is 18.3 Å². The number of methoxy groups -OCH3 is 3. The molecule has 1 N–H and O–H groups in total. The molecular formula is C20H20O8. The van der Waals surface area contributed by atoms with Crippen LogP contribution < -0.4 is 28.4 Å². The molecule has 28 heavy (non-hydrogen) atoms. The molecule has 2 aliphatic rings. The molecule has 2 aliphatic heterocycles. The van der Waals surface area contributed by atoms with E-state index in [1.807, 2.05) is 0 Å². The monoisotopic (exact) mass is 388 g/mol. The number of ketones is 1. The third-order valence-electron chi connectivity index (χ3n) is 4.84. The number of carbonyl (C=O) groups excluding carboxylic acids is 1. The van der Waals surface area contributed by atoms with Crippen molar-refractivity contribution in [2.75, 3.05) is 34.7 Å². The lowest BCUT2D eigenvalue weighted by Crippen LogP contribution is -2.49. The molecule has 4 rings (SSSR count). The number of rotatable bonds is 5. The van der Waals surface area contributed by atoms with Gasteiger partial charge in [-0.25, -0.2) is 0 Å². The van der Waals surface area contributed by atoms with E-state index < -0.39 is 11.4 Å². The molecule has 0 unspecified atom stereocenters. The molecular weight excluding hydrogens is 368 g/mol. The van der Waals surface area contributed by atoms with Crippen molar-refractivity contribution in [3.63, 3.8) is 0 Å². The topological polar surface area (TPSA) is 92.7 Å². The Balaban J connectivity index is 1.72. The molecule has 0 spiro atoms. The molecule has 0 aromatic heterocycles. The Morgan fingerprint density at radius 3 is 2.43 bits per heavy atom. The summed E-state index contributed by atoms with van der Waals surface area (Å²) in [6.07, 6.45) is 0.0411. The molecule has 0 saturated heterocycles. The molecule has 8 nitrogen and oxygen atoms in total. The van der Waals surface area contributed by atoms with Crippen LogP contribution in [0.15, 0.2) is 24.3 Å². The van der Waals surface area contributed by atoms with Gasteiger partial charge in [-0.3, -0.25) is 4.79 Å². The zero-order valence-electron chi connectivity index (χ0n) is 15.7. The van der Waals surface area contributed by atoms with Crippen molar-refractivity contribution >= 4 is 5.78 Å². The molecule has 0 radical (unpaired) electrons. The minimum Gasteiger partial charge on any atom is -0.493 e. The number of carbonyl (C=O) groups is 1. The zero-order valence-corrected chi connectivity index (χ0v) is 15.7. The number of aliphatic hydroxyl groups is 1. The normalized spacial score (nSPS) is 19.6. The zero-order chi connectivity index (χ0) is 19.9. The highest BCUT2D eigenvalue weighted by atomic mass is 16.7. The van der Waals surface area contributed by atoms with Crippen molar-refractivity contribution in [1.29, 1.82) is 0 Å². The van der Waals surface area contributed by atoms with E-state index in [9.17, 15) is 9.90 Å². The van der Waals surface area contributed by atoms with E-state index in [2.05, 4.69) is 0 Å². The number of benzene rings is 2. The van der Waals surface area contributed by atoms with Gasteiger partial charge in [-0.05, 0) is 17.7 Å². The number of hydrogen-bond donors (Lipinski definition) is 1. The maximum atomic E-state index is 13.3. The Labute approximate surface area is 161 Å². The molecule has 0 saturated carbocycles. The summed E-state index contributed by atoms with van der Waals surface area (Å²) >= 11 is 0. The third kappa shape index (κ3) is 2.77. The molecule has 2 aromatic carbocycles. The Bertz CT molecular complexity index is 938. The van der Waals surface area contributed by atoms with Crippen LogP contribution in [-0.4, -0.2) is 51.2 Å². The molecule has 8 heteroatoms. The second-order valence-corrected chi connectivity index (χ2v) is 6.53. The van der Waals surface area contributed by atoms with Crippen LogP contribution in [0.3, 0.4) is 0 Å². The van der Waals surface area contributed by atoms with E-state index >= 15 is 0 Å². The fourth-order valence-electron chi connectivity index (χ4n) is 3.48. The van der Waals surface area contributed by atoms with Gasteiger partial charge in [-0.2, -0.15) is 0 Å². The highest BCUT2D eigenvalue weighted by Gasteiger charge is 2.45. The first-order chi connectivity index (χ1) is 13.5. The van der Waals surface area contributed by atoms with E-state index in [1.165, 1.54) is 21.3 Å². The number of Topliss-reactive ketones (excluding diaryl/α,β-unsaturated/α-hetero) is 1. The average molecular weight is 388 g/mol. The Morgan fingerprint density at radius 1 is 0.964 bits per heavy atom. The van der Waals surface area contributed by atoms with Gasteiger partial charge < -0.3 is 33.5 Å². The van der Waals surface area contributed by atoms with Crippen LogP contribution in [0.5, 0.6) is 34.5 Å². The highest BCUT2D eigenvalue weighted by Crippen LogP contribution is 2.48. The number of fused-ring (bicyclic) bond motifs is 2. The maximum absolute atomic E-state index is 13.3. The summed E-state index contributed by atoms with van der Waals surface area (Å²) in [5, 5.41) is 11.1. The summed E-state index contributed by atoms with van der Waals surface area (Å²) < 4.78 is 32.4. The fourth-order valence-corrected chi connectivity index (χ4v) is 3.48. The summed E-state index contributed by atoms with van der Waals surface area (Å²) in [6.45, 7) is -0.0524. The first-order valence-corrected chi connectivity index (χ1v) is 8.62. The van der Waals surface area contributed by atoms with Gasteiger partial charge in [0.1, 0.15) is 17.9 Å². The Morgan fingerprint density at radius 2 is 1.71 bits per heavy atom. The minimum absolute atomic E-state index is 0.0411. The molecule has 0 aliphatic carbocycles. The Kier molecular flexibility index (Phi) is 4.43. The van der Waals surface area contributed by atoms with Crippen LogP contribution >= 0.6 is 0 Å². The van der Waals surface area contributed by atoms with E-state index in [4.69, 9.17) is 28.4 Å². The summed E-state index contributed by atoms with van der Waals surface area (Å²) in [5.41, 5.74) is -0.936. The first-order valence-electron chi connectivity index (χ1n) is 8.62. The maximum Gasteiger partial charge on any atom is 0.231 e. The molecule has 0 fully saturated rings. The van der Waals surface area contributed by atoms with Crippen molar-refractivity contribution < 1.29 is 38.3 Å². The van der Waals surface area contributed by atoms with Crippen LogP contribution in [0.25, 0.3) is 0 Å². The van der Waals surface area contributed by atoms with E-state index in [0.717, 1.165) is 0 Å². The minimum atomic E-state index is -1.77. The quantitative estimate of drug-likeness (QED) is 0.831. The number of hydrogen-bond acceptors (Lipinski definition) is 8. The van der Waals surface area contributed by atoms with Crippen molar-refractivity contribution in [2.45, 2.75) is 12.0 Å². The molecule has 1 atom stereocenters. The van der Waals surface area contributed by atoms with Gasteiger partial charge in [-0.15, -0.1) is 0 Å². The molecule has 2 heterocycles. The SMILES string of the molecule is COc1cc2c(c(OC)c1OC)C(=O)[C@@](O)(Cc1ccc3c(c1)OCO3)CO2. The van der Waals surface area contributed by atoms with Crippen LogP contribution in [0.1, 0.15) is 15.9 Å². The van der Waals surface area contributed by atoms with Gasteiger partial charge >= 0.3 is 0 Å². The second kappa shape index (κ2) is 6.79. The standard InChI is InChI=1S/C20H20O8/c1-23-15-7-14-16(18(25-3)17(15)24-2)19(21)20(22,9-26-14)8-11-4-5-12-13(6-11)28-10-27-12/h4-7,22H,8-10H2,1-3H3/t20-/m1/s1. The van der Waals surface area contributed by atoms with Gasteiger partial charge in [0.15, 0.2) is 28.6 Å². The van der Waals surface area contributed by atoms with Gasteiger partial charge in [0.25, 0.3) is 0 Å². The summed E-state index contributed by atoms with van der Waals surface area (Å²) in [5.74, 6) is 1.75. The van der Waals surface area contributed by atoms with E-state index in [-0.39, 0.29) is 42.6 Å². The lowest BCUT2D eigenvalue weighted by atomic mass is 9.84. The molecule has 0 bridgehead atoms. The number of ether oxygens (including phenoxy) is 6. The summed E-state index contributed by atoms with van der Waals surface area (Å²) in [7, 11) is 4.33. The summed E-state index contributed by atoms with van der Waals surface area (Å²) in [6, 6.07) is 6.82. The second-order valence-electron chi connectivity index (χ2n) is 6.53. The van der Waals surface area contributed by atoms with Crippen molar-refractivity contribution in [2.24, 2.45) is 0 Å². The predicted molar refractivity (Wildman–Crippen MR) is 97.1 cm³/mol. The predicted octanol–water partition coefficient (Wildman–Crippen LogP) is 1.99. The first kappa shape index (κ1) is 18.2. The Hall–Kier alpha value is -3.13. The van der Waals surface area contributed by atoms with Crippen molar-refractivity contribution in [3.8, 4) is 34.5 Å². The van der Waals surface area contributed by atoms with Crippen LogP contribution in [-0.2, 0) is 6.42 Å². The van der Waals surface area contributed by atoms with Gasteiger partial charge in [0.05, 0.1) is 21.3 Å². The van der Waals surface area contributed by atoms with E-state index in [0.29, 0.717) is 22.8 Å². The van der Waals surface area contributed by atoms with E-state index in [1.54, 1.807) is 24.3 Å². The highest BCUT2D eigenvalue weighted by molar-refractivity contribution is 6.09. The largest absolute Gasteiger partial charge is 0.493 e. The van der Waals surface area contributed by atoms with Crippen LogP contribution in [0.2, 0.25) is 0 Å². The molecule has 2 aromatic rings. The molecule has 0 amide bonds. The lowest BCUT2D eigenvalue weighted by Gasteiger charge is -2.33. The fraction of sp³-hybridized carbons (Fsp3) is 0.350. The third-order valence-corrected chi connectivity index (χ3v) is 4.84. The van der Waals surface area contributed by atoms with Gasteiger partial charge in [-0.1, -0.05) is 6.07 Å². The van der Waals surface area contributed by atoms with Crippen molar-refractivity contribution in [1.82, 2.24) is 0 Å².